The van der Waals surface area contributed by atoms with Crippen LogP contribution in [0, 0.1) is 0 Å². The second-order valence-corrected chi connectivity index (χ2v) is 6.47. The van der Waals surface area contributed by atoms with Crippen molar-refractivity contribution in [2.75, 3.05) is 29.9 Å². The number of nitrogens with one attached hydrogen (secondary N) is 2. The van der Waals surface area contributed by atoms with Gasteiger partial charge in [0.25, 0.3) is 11.8 Å². The van der Waals surface area contributed by atoms with Crippen LogP contribution in [0.1, 0.15) is 23.2 Å². The Bertz CT molecular complexity index is 817. The van der Waals surface area contributed by atoms with Crippen molar-refractivity contribution in [1.82, 2.24) is 10.3 Å². The summed E-state index contributed by atoms with van der Waals surface area (Å²) in [6.07, 6.45) is 3.53. The van der Waals surface area contributed by atoms with E-state index in [1.807, 2.05) is 18.2 Å². The molecular weight excluding hydrogens is 332 g/mol. The molecule has 3 heterocycles. The van der Waals surface area contributed by atoms with Gasteiger partial charge in [0.2, 0.25) is 0 Å². The largest absolute Gasteiger partial charge is 0.482 e. The van der Waals surface area contributed by atoms with E-state index in [1.165, 1.54) is 0 Å². The summed E-state index contributed by atoms with van der Waals surface area (Å²) in [7, 11) is 0. The highest BCUT2D eigenvalue weighted by Gasteiger charge is 2.23. The Morgan fingerprint density at radius 1 is 1.23 bits per heavy atom. The molecule has 0 bridgehead atoms. The molecular formula is C19H20N4O3. The lowest BCUT2D eigenvalue weighted by atomic mass is 10.0. The Labute approximate surface area is 151 Å². The van der Waals surface area contributed by atoms with E-state index >= 15 is 0 Å². The fraction of sp³-hybridized carbons (Fsp3) is 0.316. The summed E-state index contributed by atoms with van der Waals surface area (Å²) in [5.41, 5.74) is 1.06. The van der Waals surface area contributed by atoms with Crippen molar-refractivity contribution in [1.29, 1.82) is 0 Å². The van der Waals surface area contributed by atoms with Crippen molar-refractivity contribution in [3.05, 3.63) is 48.2 Å². The predicted molar refractivity (Wildman–Crippen MR) is 97.5 cm³/mol. The molecule has 0 atom stereocenters. The summed E-state index contributed by atoms with van der Waals surface area (Å²) in [5, 5.41) is 5.81. The van der Waals surface area contributed by atoms with Crippen LogP contribution in [0.3, 0.4) is 0 Å². The van der Waals surface area contributed by atoms with Gasteiger partial charge in [0.15, 0.2) is 6.61 Å². The first kappa shape index (κ1) is 16.4. The monoisotopic (exact) mass is 352 g/mol. The first-order valence-electron chi connectivity index (χ1n) is 8.72. The maximum Gasteiger partial charge on any atom is 0.262 e. The lowest BCUT2D eigenvalue weighted by Gasteiger charge is -2.33. The lowest BCUT2D eigenvalue weighted by Crippen LogP contribution is -2.45. The quantitative estimate of drug-likeness (QED) is 0.880. The standard InChI is InChI=1S/C19H20N4O3/c24-18-12-26-16-5-4-13(11-15(16)22-18)19(25)21-14-6-9-23(10-7-14)17-3-1-2-8-20-17/h1-5,8,11,14H,6-7,9-10,12H2,(H,21,25)(H,22,24). The number of fused-ring (bicyclic) bond motifs is 1. The minimum absolute atomic E-state index is 0.00733. The van der Waals surface area contributed by atoms with Crippen LogP contribution < -0.4 is 20.3 Å². The van der Waals surface area contributed by atoms with E-state index in [0.29, 0.717) is 17.0 Å². The Balaban J connectivity index is 1.36. The molecule has 134 valence electrons. The number of pyridine rings is 1. The Kier molecular flexibility index (Phi) is 4.43. The number of hydrogen-bond acceptors (Lipinski definition) is 5. The van der Waals surface area contributed by atoms with E-state index in [1.54, 1.807) is 24.4 Å². The molecule has 2 aliphatic rings. The van der Waals surface area contributed by atoms with Gasteiger partial charge in [0.05, 0.1) is 5.69 Å². The van der Waals surface area contributed by atoms with Crippen molar-refractivity contribution in [2.24, 2.45) is 0 Å². The highest BCUT2D eigenvalue weighted by atomic mass is 16.5. The van der Waals surface area contributed by atoms with Crippen LogP contribution in [-0.2, 0) is 4.79 Å². The summed E-state index contributed by atoms with van der Waals surface area (Å²) >= 11 is 0. The third-order valence-electron chi connectivity index (χ3n) is 4.68. The number of aromatic nitrogens is 1. The minimum atomic E-state index is -0.211. The molecule has 1 aromatic heterocycles. The molecule has 1 aromatic carbocycles. The second kappa shape index (κ2) is 7.03. The zero-order chi connectivity index (χ0) is 17.9. The number of amides is 2. The predicted octanol–water partition coefficient (Wildman–Crippen LogP) is 1.81. The van der Waals surface area contributed by atoms with Gasteiger partial charge in [0.1, 0.15) is 11.6 Å². The Hall–Kier alpha value is -3.09. The van der Waals surface area contributed by atoms with Crippen LogP contribution in [0.4, 0.5) is 11.5 Å². The normalized spacial score (nSPS) is 17.1. The number of carbonyl (C=O) groups is 2. The number of nitrogens with zero attached hydrogens (tertiary/aromatic N) is 2. The van der Waals surface area contributed by atoms with Gasteiger partial charge in [-0.15, -0.1) is 0 Å². The molecule has 0 unspecified atom stereocenters. The molecule has 26 heavy (non-hydrogen) atoms. The van der Waals surface area contributed by atoms with Crippen LogP contribution in [0.2, 0.25) is 0 Å². The SMILES string of the molecule is O=C1COc2ccc(C(=O)NC3CCN(c4ccccn4)CC3)cc2N1. The van der Waals surface area contributed by atoms with E-state index < -0.39 is 0 Å². The van der Waals surface area contributed by atoms with Gasteiger partial charge in [-0.3, -0.25) is 9.59 Å². The van der Waals surface area contributed by atoms with Crippen LogP contribution in [-0.4, -0.2) is 42.5 Å². The molecule has 0 saturated carbocycles. The molecule has 7 nitrogen and oxygen atoms in total. The molecule has 4 rings (SSSR count). The first-order valence-corrected chi connectivity index (χ1v) is 8.72. The number of piperidine rings is 1. The average molecular weight is 352 g/mol. The highest BCUT2D eigenvalue weighted by Crippen LogP contribution is 2.28. The molecule has 2 aliphatic heterocycles. The van der Waals surface area contributed by atoms with E-state index in [-0.39, 0.29) is 24.5 Å². The number of ether oxygens (including phenoxy) is 1. The molecule has 2 amide bonds. The number of carbonyl (C=O) groups excluding carboxylic acids is 2. The molecule has 1 fully saturated rings. The molecule has 1 saturated heterocycles. The van der Waals surface area contributed by atoms with E-state index in [0.717, 1.165) is 31.7 Å². The van der Waals surface area contributed by atoms with Gasteiger partial charge in [0, 0.05) is 30.9 Å². The van der Waals surface area contributed by atoms with E-state index in [4.69, 9.17) is 4.74 Å². The van der Waals surface area contributed by atoms with Crippen molar-refractivity contribution >= 4 is 23.3 Å². The van der Waals surface area contributed by atoms with Gasteiger partial charge in [-0.05, 0) is 43.2 Å². The Morgan fingerprint density at radius 3 is 2.85 bits per heavy atom. The molecule has 0 spiro atoms. The minimum Gasteiger partial charge on any atom is -0.482 e. The van der Waals surface area contributed by atoms with Crippen LogP contribution >= 0.6 is 0 Å². The van der Waals surface area contributed by atoms with Crippen LogP contribution in [0.25, 0.3) is 0 Å². The van der Waals surface area contributed by atoms with Gasteiger partial charge >= 0.3 is 0 Å². The second-order valence-electron chi connectivity index (χ2n) is 6.47. The van der Waals surface area contributed by atoms with E-state index in [9.17, 15) is 9.59 Å². The highest BCUT2D eigenvalue weighted by molar-refractivity contribution is 5.99. The van der Waals surface area contributed by atoms with Crippen LogP contribution in [0.5, 0.6) is 5.75 Å². The topological polar surface area (TPSA) is 83.6 Å². The fourth-order valence-electron chi connectivity index (χ4n) is 3.29. The molecule has 7 heteroatoms. The summed E-state index contributed by atoms with van der Waals surface area (Å²) in [4.78, 5) is 30.6. The maximum absolute atomic E-state index is 12.5. The summed E-state index contributed by atoms with van der Waals surface area (Å²) in [6, 6.07) is 11.1. The van der Waals surface area contributed by atoms with Crippen molar-refractivity contribution in [2.45, 2.75) is 18.9 Å². The fourth-order valence-corrected chi connectivity index (χ4v) is 3.29. The molecule has 0 aliphatic carbocycles. The number of anilines is 2. The van der Waals surface area contributed by atoms with Crippen LogP contribution in [0.15, 0.2) is 42.6 Å². The van der Waals surface area contributed by atoms with Gasteiger partial charge in [-0.25, -0.2) is 4.98 Å². The summed E-state index contributed by atoms with van der Waals surface area (Å²) < 4.78 is 5.32. The molecule has 0 radical (unpaired) electrons. The number of benzene rings is 1. The third kappa shape index (κ3) is 3.46. The van der Waals surface area contributed by atoms with Crippen molar-refractivity contribution in [3.8, 4) is 5.75 Å². The van der Waals surface area contributed by atoms with E-state index in [2.05, 4.69) is 20.5 Å². The van der Waals surface area contributed by atoms with Crippen molar-refractivity contribution < 1.29 is 14.3 Å². The average Bonchev–Trinajstić information content (AvgIpc) is 2.68. The number of hydrogen-bond donors (Lipinski definition) is 2. The van der Waals surface area contributed by atoms with Gasteiger partial charge in [-0.1, -0.05) is 6.07 Å². The first-order chi connectivity index (χ1) is 12.7. The number of rotatable bonds is 3. The maximum atomic E-state index is 12.5. The molecule has 2 N–H and O–H groups in total. The van der Waals surface area contributed by atoms with Crippen molar-refractivity contribution in [3.63, 3.8) is 0 Å². The summed E-state index contributed by atoms with van der Waals surface area (Å²) in [5.74, 6) is 1.22. The van der Waals surface area contributed by atoms with Gasteiger partial charge in [-0.2, -0.15) is 0 Å². The zero-order valence-corrected chi connectivity index (χ0v) is 14.3. The van der Waals surface area contributed by atoms with Gasteiger partial charge < -0.3 is 20.3 Å². The summed E-state index contributed by atoms with van der Waals surface area (Å²) in [6.45, 7) is 1.72. The Morgan fingerprint density at radius 2 is 2.08 bits per heavy atom. The zero-order valence-electron chi connectivity index (χ0n) is 14.3. The third-order valence-corrected chi connectivity index (χ3v) is 4.68. The lowest BCUT2D eigenvalue weighted by molar-refractivity contribution is -0.118. The smallest absolute Gasteiger partial charge is 0.262 e. The molecule has 2 aromatic rings.